The predicted molar refractivity (Wildman–Crippen MR) is 66.8 cm³/mol. The summed E-state index contributed by atoms with van der Waals surface area (Å²) < 4.78 is 28.0. The molecule has 2 N–H and O–H groups in total. The number of aromatic nitrogens is 2. The van der Waals surface area contributed by atoms with E-state index in [0.717, 1.165) is 0 Å². The molecule has 0 aliphatic carbocycles. The molecule has 2 aromatic rings. The van der Waals surface area contributed by atoms with Crippen molar-refractivity contribution in [2.24, 2.45) is 0 Å². The molecule has 0 amide bonds. The van der Waals surface area contributed by atoms with E-state index in [1.165, 1.54) is 24.7 Å². The minimum absolute atomic E-state index is 0.00529. The van der Waals surface area contributed by atoms with Crippen LogP contribution in [0, 0.1) is 0 Å². The highest BCUT2D eigenvalue weighted by Crippen LogP contribution is 2.18. The Morgan fingerprint density at radius 1 is 1.44 bits per heavy atom. The van der Waals surface area contributed by atoms with Crippen LogP contribution in [0.4, 0.5) is 5.69 Å². The van der Waals surface area contributed by atoms with E-state index in [4.69, 9.17) is 0 Å². The normalized spacial score (nSPS) is 11.4. The zero-order valence-electron chi connectivity index (χ0n) is 9.74. The van der Waals surface area contributed by atoms with Crippen LogP contribution in [0.2, 0.25) is 0 Å². The average Bonchev–Trinajstić information content (AvgIpc) is 2.77. The monoisotopic (exact) mass is 267 g/mol. The molecule has 0 radical (unpaired) electrons. The summed E-state index contributed by atoms with van der Waals surface area (Å²) in [5.74, 6) is -0.00529. The molecule has 1 aromatic carbocycles. The number of anilines is 1. The van der Waals surface area contributed by atoms with E-state index in [1.54, 1.807) is 16.7 Å². The van der Waals surface area contributed by atoms with E-state index in [9.17, 15) is 13.5 Å². The Balaban J connectivity index is 2.27. The second-order valence-corrected chi connectivity index (χ2v) is 5.33. The van der Waals surface area contributed by atoms with Crippen LogP contribution in [0.15, 0.2) is 41.8 Å². The van der Waals surface area contributed by atoms with Gasteiger partial charge < -0.3 is 9.67 Å². The van der Waals surface area contributed by atoms with Gasteiger partial charge in [0.15, 0.2) is 5.03 Å². The van der Waals surface area contributed by atoms with E-state index in [0.29, 0.717) is 12.2 Å². The van der Waals surface area contributed by atoms with Gasteiger partial charge in [0.1, 0.15) is 5.75 Å². The number of hydrogen-bond acceptors (Lipinski definition) is 4. The number of aryl methyl sites for hydroxylation is 1. The summed E-state index contributed by atoms with van der Waals surface area (Å²) in [5, 5.41) is 9.22. The van der Waals surface area contributed by atoms with Crippen LogP contribution in [0.1, 0.15) is 6.92 Å². The van der Waals surface area contributed by atoms with Gasteiger partial charge in [0.05, 0.1) is 12.0 Å². The van der Waals surface area contributed by atoms with Crippen LogP contribution in [-0.4, -0.2) is 23.1 Å². The van der Waals surface area contributed by atoms with E-state index < -0.39 is 10.0 Å². The Hall–Kier alpha value is -2.02. The lowest BCUT2D eigenvalue weighted by molar-refractivity contribution is 0.475. The molecule has 7 heteroatoms. The molecule has 1 aromatic heterocycles. The number of nitrogens with zero attached hydrogens (tertiary/aromatic N) is 2. The van der Waals surface area contributed by atoms with Crippen LogP contribution in [0.25, 0.3) is 0 Å². The molecule has 0 atom stereocenters. The van der Waals surface area contributed by atoms with Gasteiger partial charge >= 0.3 is 0 Å². The van der Waals surface area contributed by atoms with Crippen molar-refractivity contribution >= 4 is 15.7 Å². The second-order valence-electron chi connectivity index (χ2n) is 3.70. The first-order chi connectivity index (χ1) is 8.51. The summed E-state index contributed by atoms with van der Waals surface area (Å²) in [6.45, 7) is 2.54. The molecule has 6 nitrogen and oxygen atoms in total. The van der Waals surface area contributed by atoms with Crippen LogP contribution in [0.5, 0.6) is 5.75 Å². The molecule has 0 fully saturated rings. The van der Waals surface area contributed by atoms with Gasteiger partial charge in [-0.05, 0) is 19.1 Å². The molecule has 0 aliphatic heterocycles. The highest BCUT2D eigenvalue weighted by Gasteiger charge is 2.17. The summed E-state index contributed by atoms with van der Waals surface area (Å²) in [7, 11) is -3.71. The van der Waals surface area contributed by atoms with Gasteiger partial charge in [0.25, 0.3) is 10.0 Å². The molecule has 18 heavy (non-hydrogen) atoms. The maximum absolute atomic E-state index is 12.0. The van der Waals surface area contributed by atoms with Crippen molar-refractivity contribution in [2.75, 3.05) is 4.72 Å². The lowest BCUT2D eigenvalue weighted by Crippen LogP contribution is -2.13. The molecular weight excluding hydrogens is 254 g/mol. The highest BCUT2D eigenvalue weighted by atomic mass is 32.2. The zero-order valence-corrected chi connectivity index (χ0v) is 10.6. The van der Waals surface area contributed by atoms with Crippen molar-refractivity contribution in [1.82, 2.24) is 9.55 Å². The van der Waals surface area contributed by atoms with Gasteiger partial charge in [-0.3, -0.25) is 4.72 Å². The summed E-state index contributed by atoms with van der Waals surface area (Å²) in [4.78, 5) is 3.83. The fraction of sp³-hybridized carbons (Fsp3) is 0.182. The van der Waals surface area contributed by atoms with Crippen molar-refractivity contribution in [3.05, 3.63) is 36.8 Å². The Bertz CT molecular complexity index is 649. The van der Waals surface area contributed by atoms with Crippen LogP contribution < -0.4 is 4.72 Å². The SMILES string of the molecule is CCn1cnc(S(=O)(=O)Nc2cccc(O)c2)c1. The fourth-order valence-corrected chi connectivity index (χ4v) is 2.43. The Morgan fingerprint density at radius 3 is 2.83 bits per heavy atom. The van der Waals surface area contributed by atoms with Gasteiger partial charge in [0, 0.05) is 18.8 Å². The van der Waals surface area contributed by atoms with Crippen molar-refractivity contribution in [3.8, 4) is 5.75 Å². The molecule has 0 spiro atoms. The van der Waals surface area contributed by atoms with Gasteiger partial charge in [0.2, 0.25) is 0 Å². The first kappa shape index (κ1) is 12.4. The largest absolute Gasteiger partial charge is 0.508 e. The van der Waals surface area contributed by atoms with E-state index >= 15 is 0 Å². The minimum atomic E-state index is -3.71. The number of rotatable bonds is 4. The average molecular weight is 267 g/mol. The van der Waals surface area contributed by atoms with Gasteiger partial charge in [-0.2, -0.15) is 8.42 Å². The van der Waals surface area contributed by atoms with Crippen LogP contribution in [-0.2, 0) is 16.6 Å². The number of benzene rings is 1. The number of phenols is 1. The van der Waals surface area contributed by atoms with E-state index in [1.807, 2.05) is 6.92 Å². The molecule has 1 heterocycles. The van der Waals surface area contributed by atoms with E-state index in [-0.39, 0.29) is 10.8 Å². The molecule has 0 saturated heterocycles. The van der Waals surface area contributed by atoms with Crippen LogP contribution >= 0.6 is 0 Å². The first-order valence-corrected chi connectivity index (χ1v) is 6.83. The summed E-state index contributed by atoms with van der Waals surface area (Å²) >= 11 is 0. The number of phenolic OH excluding ortho intramolecular Hbond substituents is 1. The molecule has 0 bridgehead atoms. The Morgan fingerprint density at radius 2 is 2.22 bits per heavy atom. The van der Waals surface area contributed by atoms with Crippen molar-refractivity contribution in [1.29, 1.82) is 0 Å². The number of nitrogens with one attached hydrogen (secondary N) is 1. The molecule has 0 saturated carbocycles. The standard InChI is InChI=1S/C11H13N3O3S/c1-2-14-7-11(12-8-14)18(16,17)13-9-4-3-5-10(15)6-9/h3-8,13,15H,2H2,1H3. The molecule has 2 rings (SSSR count). The fourth-order valence-electron chi connectivity index (χ4n) is 1.43. The third kappa shape index (κ3) is 2.62. The predicted octanol–water partition coefficient (Wildman–Crippen LogP) is 1.41. The quantitative estimate of drug-likeness (QED) is 0.877. The summed E-state index contributed by atoms with van der Waals surface area (Å²) in [6, 6.07) is 5.89. The molecular formula is C11H13N3O3S. The van der Waals surface area contributed by atoms with Crippen molar-refractivity contribution < 1.29 is 13.5 Å². The number of sulfonamides is 1. The molecule has 0 aliphatic rings. The Kier molecular flexibility index (Phi) is 3.24. The maximum Gasteiger partial charge on any atom is 0.280 e. The lowest BCUT2D eigenvalue weighted by Gasteiger charge is -2.05. The minimum Gasteiger partial charge on any atom is -0.508 e. The van der Waals surface area contributed by atoms with Gasteiger partial charge in [-0.25, -0.2) is 4.98 Å². The third-order valence-corrected chi connectivity index (χ3v) is 3.61. The highest BCUT2D eigenvalue weighted by molar-refractivity contribution is 7.92. The second kappa shape index (κ2) is 4.69. The topological polar surface area (TPSA) is 84.2 Å². The summed E-state index contributed by atoms with van der Waals surface area (Å²) in [5.41, 5.74) is 0.293. The van der Waals surface area contributed by atoms with Gasteiger partial charge in [-0.15, -0.1) is 0 Å². The molecule has 96 valence electrons. The van der Waals surface area contributed by atoms with Crippen molar-refractivity contribution in [2.45, 2.75) is 18.5 Å². The third-order valence-electron chi connectivity index (χ3n) is 2.35. The van der Waals surface area contributed by atoms with Crippen LogP contribution in [0.3, 0.4) is 0 Å². The number of imidazole rings is 1. The first-order valence-electron chi connectivity index (χ1n) is 5.35. The van der Waals surface area contributed by atoms with Gasteiger partial charge in [-0.1, -0.05) is 6.07 Å². The maximum atomic E-state index is 12.0. The number of hydrogen-bond donors (Lipinski definition) is 2. The molecule has 0 unspecified atom stereocenters. The lowest BCUT2D eigenvalue weighted by atomic mass is 10.3. The Labute approximate surface area is 105 Å². The zero-order chi connectivity index (χ0) is 13.2. The van der Waals surface area contributed by atoms with E-state index in [2.05, 4.69) is 9.71 Å². The summed E-state index contributed by atoms with van der Waals surface area (Å²) in [6.07, 6.45) is 2.90. The number of aromatic hydroxyl groups is 1. The van der Waals surface area contributed by atoms with Crippen molar-refractivity contribution in [3.63, 3.8) is 0 Å². The smallest absolute Gasteiger partial charge is 0.280 e.